The van der Waals surface area contributed by atoms with Crippen LogP contribution >= 0.6 is 0 Å². The maximum absolute atomic E-state index is 5.83. The zero-order valence-electron chi connectivity index (χ0n) is 9.68. The minimum atomic E-state index is 0.570. The van der Waals surface area contributed by atoms with Gasteiger partial charge in [-0.2, -0.15) is 0 Å². The van der Waals surface area contributed by atoms with E-state index in [0.717, 1.165) is 12.4 Å². The van der Waals surface area contributed by atoms with Crippen LogP contribution in [0.1, 0.15) is 28.7 Å². The van der Waals surface area contributed by atoms with E-state index in [2.05, 4.69) is 35.1 Å². The van der Waals surface area contributed by atoms with E-state index in [0.29, 0.717) is 17.8 Å². The zero-order valence-corrected chi connectivity index (χ0v) is 9.68. The highest BCUT2D eigenvalue weighted by Crippen LogP contribution is 2.63. The maximum atomic E-state index is 5.83. The minimum Gasteiger partial charge on any atom is -0.493 e. The summed E-state index contributed by atoms with van der Waals surface area (Å²) in [7, 11) is 0. The first-order valence-corrected chi connectivity index (χ1v) is 6.06. The molecule has 3 heteroatoms. The van der Waals surface area contributed by atoms with E-state index in [4.69, 9.17) is 4.74 Å². The third-order valence-corrected chi connectivity index (χ3v) is 4.00. The molecule has 2 heterocycles. The van der Waals surface area contributed by atoms with Crippen molar-refractivity contribution in [3.05, 3.63) is 47.5 Å². The Morgan fingerprint density at radius 3 is 3.12 bits per heavy atom. The van der Waals surface area contributed by atoms with Gasteiger partial charge in [0.05, 0.1) is 12.9 Å². The maximum Gasteiger partial charge on any atom is 0.122 e. The Morgan fingerprint density at radius 2 is 2.29 bits per heavy atom. The van der Waals surface area contributed by atoms with Crippen LogP contribution in [0, 0.1) is 12.8 Å². The van der Waals surface area contributed by atoms with Gasteiger partial charge in [0, 0.05) is 29.6 Å². The number of hydrogen-bond donors (Lipinski definition) is 1. The molecule has 1 aromatic carbocycles. The van der Waals surface area contributed by atoms with Crippen molar-refractivity contribution in [2.75, 3.05) is 6.61 Å². The van der Waals surface area contributed by atoms with Crippen LogP contribution in [0.25, 0.3) is 0 Å². The number of fused-ring (bicyclic) bond motifs is 3. The highest BCUT2D eigenvalue weighted by Gasteiger charge is 2.55. The number of nitrogens with zero attached hydrogens (tertiary/aromatic N) is 1. The Bertz CT molecular complexity index is 562. The largest absolute Gasteiger partial charge is 0.493 e. The molecule has 1 aliphatic heterocycles. The number of H-pyrrole nitrogens is 1. The van der Waals surface area contributed by atoms with Crippen LogP contribution in [-0.4, -0.2) is 16.6 Å². The fourth-order valence-electron chi connectivity index (χ4n) is 3.12. The van der Waals surface area contributed by atoms with Gasteiger partial charge in [0.2, 0.25) is 0 Å². The van der Waals surface area contributed by atoms with Crippen molar-refractivity contribution in [3.8, 4) is 5.75 Å². The quantitative estimate of drug-likeness (QED) is 0.811. The molecule has 4 rings (SSSR count). The number of hydrogen-bond acceptors (Lipinski definition) is 2. The molecule has 1 aromatic heterocycles. The molecule has 86 valence electrons. The van der Waals surface area contributed by atoms with Crippen LogP contribution < -0.4 is 4.74 Å². The molecule has 1 saturated carbocycles. The molecule has 1 aliphatic carbocycles. The Morgan fingerprint density at radius 1 is 1.35 bits per heavy atom. The van der Waals surface area contributed by atoms with E-state index >= 15 is 0 Å². The standard InChI is InChI=1S/C14H14N2O/c1-8-2-3-12-9(4-8)13-10(6-17-12)14(13)11-5-15-7-16-11/h2-5,7,10,13-14H,6H2,1H3,(H,15,16). The van der Waals surface area contributed by atoms with E-state index in [-0.39, 0.29) is 0 Å². The van der Waals surface area contributed by atoms with Crippen molar-refractivity contribution in [3.63, 3.8) is 0 Å². The van der Waals surface area contributed by atoms with Crippen LogP contribution in [0.3, 0.4) is 0 Å². The topological polar surface area (TPSA) is 37.9 Å². The van der Waals surface area contributed by atoms with Crippen LogP contribution in [0.5, 0.6) is 5.75 Å². The highest BCUT2D eigenvalue weighted by atomic mass is 16.5. The molecule has 0 spiro atoms. The minimum absolute atomic E-state index is 0.570. The van der Waals surface area contributed by atoms with Crippen molar-refractivity contribution >= 4 is 0 Å². The monoisotopic (exact) mass is 226 g/mol. The van der Waals surface area contributed by atoms with E-state index in [9.17, 15) is 0 Å². The molecule has 0 saturated heterocycles. The average Bonchev–Trinajstić information content (AvgIpc) is 2.83. The Kier molecular flexibility index (Phi) is 1.71. The summed E-state index contributed by atoms with van der Waals surface area (Å²) >= 11 is 0. The number of nitrogens with one attached hydrogen (secondary N) is 1. The van der Waals surface area contributed by atoms with Crippen LogP contribution in [0.2, 0.25) is 0 Å². The number of aromatic amines is 1. The molecular weight excluding hydrogens is 212 g/mol. The second kappa shape index (κ2) is 3.13. The summed E-state index contributed by atoms with van der Waals surface area (Å²) in [6.07, 6.45) is 3.70. The lowest BCUT2D eigenvalue weighted by molar-refractivity contribution is 0.277. The first-order valence-electron chi connectivity index (χ1n) is 6.06. The van der Waals surface area contributed by atoms with Crippen LogP contribution in [0.4, 0.5) is 0 Å². The predicted octanol–water partition coefficient (Wildman–Crippen LogP) is 2.61. The third kappa shape index (κ3) is 1.25. The van der Waals surface area contributed by atoms with E-state index in [1.807, 2.05) is 6.20 Å². The predicted molar refractivity (Wildman–Crippen MR) is 64.2 cm³/mol. The normalized spacial score (nSPS) is 29.1. The lowest BCUT2D eigenvalue weighted by Crippen LogP contribution is -2.08. The summed E-state index contributed by atoms with van der Waals surface area (Å²) in [5.74, 6) is 2.89. The molecule has 2 aliphatic rings. The summed E-state index contributed by atoms with van der Waals surface area (Å²) in [6, 6.07) is 6.48. The number of ether oxygens (including phenoxy) is 1. The third-order valence-electron chi connectivity index (χ3n) is 4.00. The summed E-state index contributed by atoms with van der Waals surface area (Å²) in [5.41, 5.74) is 3.93. The van der Waals surface area contributed by atoms with Crippen molar-refractivity contribution in [2.45, 2.75) is 18.8 Å². The molecule has 0 bridgehead atoms. The van der Waals surface area contributed by atoms with Gasteiger partial charge in [0.15, 0.2) is 0 Å². The van der Waals surface area contributed by atoms with Gasteiger partial charge in [0.25, 0.3) is 0 Å². The SMILES string of the molecule is Cc1ccc2c(c1)C1C(CO2)C1c1cnc[nH]1. The van der Waals surface area contributed by atoms with Gasteiger partial charge in [-0.15, -0.1) is 0 Å². The Hall–Kier alpha value is -1.77. The molecular formula is C14H14N2O. The summed E-state index contributed by atoms with van der Waals surface area (Å²) in [5, 5.41) is 0. The molecule has 3 nitrogen and oxygen atoms in total. The second-order valence-electron chi connectivity index (χ2n) is 5.07. The lowest BCUT2D eigenvalue weighted by Gasteiger charge is -2.16. The van der Waals surface area contributed by atoms with Crippen LogP contribution in [-0.2, 0) is 0 Å². The highest BCUT2D eigenvalue weighted by molar-refractivity contribution is 5.48. The molecule has 0 amide bonds. The Labute approximate surface area is 99.8 Å². The zero-order chi connectivity index (χ0) is 11.4. The van der Waals surface area contributed by atoms with Crippen molar-refractivity contribution in [2.24, 2.45) is 5.92 Å². The second-order valence-corrected chi connectivity index (χ2v) is 5.07. The van der Waals surface area contributed by atoms with Gasteiger partial charge >= 0.3 is 0 Å². The molecule has 1 fully saturated rings. The van der Waals surface area contributed by atoms with Gasteiger partial charge in [-0.25, -0.2) is 4.98 Å². The smallest absolute Gasteiger partial charge is 0.122 e. The van der Waals surface area contributed by atoms with E-state index < -0.39 is 0 Å². The molecule has 1 N–H and O–H groups in total. The number of benzene rings is 1. The molecule has 3 unspecified atom stereocenters. The molecule has 2 aromatic rings. The summed E-state index contributed by atoms with van der Waals surface area (Å²) in [4.78, 5) is 7.35. The van der Waals surface area contributed by atoms with Crippen molar-refractivity contribution in [1.82, 2.24) is 9.97 Å². The molecule has 0 radical (unpaired) electrons. The molecule has 3 atom stereocenters. The van der Waals surface area contributed by atoms with Gasteiger partial charge in [0.1, 0.15) is 5.75 Å². The number of aromatic nitrogens is 2. The Balaban J connectivity index is 1.76. The summed E-state index contributed by atoms with van der Waals surface area (Å²) < 4.78 is 5.83. The van der Waals surface area contributed by atoms with Crippen LogP contribution in [0.15, 0.2) is 30.7 Å². The van der Waals surface area contributed by atoms with Crippen molar-refractivity contribution in [1.29, 1.82) is 0 Å². The van der Waals surface area contributed by atoms with Gasteiger partial charge < -0.3 is 9.72 Å². The lowest BCUT2D eigenvalue weighted by atomic mass is 10.0. The summed E-state index contributed by atoms with van der Waals surface area (Å²) in [6.45, 7) is 2.97. The van der Waals surface area contributed by atoms with Gasteiger partial charge in [-0.3, -0.25) is 0 Å². The van der Waals surface area contributed by atoms with E-state index in [1.54, 1.807) is 6.33 Å². The van der Waals surface area contributed by atoms with Crippen molar-refractivity contribution < 1.29 is 4.74 Å². The average molecular weight is 226 g/mol. The first-order chi connectivity index (χ1) is 8.34. The van der Waals surface area contributed by atoms with Gasteiger partial charge in [-0.1, -0.05) is 17.7 Å². The fraction of sp³-hybridized carbons (Fsp3) is 0.357. The molecule has 17 heavy (non-hydrogen) atoms. The fourth-order valence-corrected chi connectivity index (χ4v) is 3.12. The van der Waals surface area contributed by atoms with E-state index in [1.165, 1.54) is 16.8 Å². The number of aryl methyl sites for hydroxylation is 1. The number of imidazole rings is 1. The first kappa shape index (κ1) is 9.28. The van der Waals surface area contributed by atoms with Gasteiger partial charge in [-0.05, 0) is 18.6 Å². The number of rotatable bonds is 1.